The fraction of sp³-hybridized carbons (Fsp3) is 1.00. The van der Waals surface area contributed by atoms with Crippen molar-refractivity contribution < 1.29 is 4.74 Å². The summed E-state index contributed by atoms with van der Waals surface area (Å²) in [4.78, 5) is 0. The van der Waals surface area contributed by atoms with Crippen LogP contribution in [0.5, 0.6) is 0 Å². The molecule has 0 aliphatic carbocycles. The first-order chi connectivity index (χ1) is 2.41. The van der Waals surface area contributed by atoms with Gasteiger partial charge in [0.2, 0.25) is 0 Å². The molecule has 0 aromatic heterocycles. The Bertz CT molecular complexity index is 11.4. The molecule has 0 atom stereocenters. The molecule has 1 heteroatoms. The van der Waals surface area contributed by atoms with Crippen molar-refractivity contribution >= 4 is 0 Å². The van der Waals surface area contributed by atoms with Crippen LogP contribution in [0.25, 0.3) is 0 Å². The van der Waals surface area contributed by atoms with E-state index in [4.69, 9.17) is 4.74 Å². The number of hydrogen-bond donors (Lipinski definition) is 0. The summed E-state index contributed by atoms with van der Waals surface area (Å²) in [6, 6.07) is 0. The highest BCUT2D eigenvalue weighted by Gasteiger charge is 1.66. The van der Waals surface area contributed by atoms with E-state index in [0.717, 1.165) is 13.0 Å². The topological polar surface area (TPSA) is 9.23 Å². The van der Waals surface area contributed by atoms with Gasteiger partial charge >= 0.3 is 0 Å². The molecule has 0 aromatic carbocycles. The predicted octanol–water partition coefficient (Wildman–Crippen LogP) is 1.68. The molecule has 0 bridgehead atoms. The van der Waals surface area contributed by atoms with Crippen molar-refractivity contribution in [2.75, 3.05) is 13.7 Å². The second-order valence-electron chi connectivity index (χ2n) is 0.993. The lowest BCUT2D eigenvalue weighted by molar-refractivity contribution is 0.199. The average Bonchev–Trinajstić information content (AvgIpc) is 1.41. The Kier molecular flexibility index (Phi) is 13.8. The zero-order chi connectivity index (χ0) is 4.12. The third-order valence-electron chi connectivity index (χ3n) is 0.408. The Morgan fingerprint density at radius 3 is 2.00 bits per heavy atom. The van der Waals surface area contributed by atoms with Crippen molar-refractivity contribution in [3.05, 3.63) is 0 Å². The van der Waals surface area contributed by atoms with Gasteiger partial charge in [0.1, 0.15) is 0 Å². The molecule has 1 nitrogen and oxygen atoms in total. The standard InChI is InChI=1S/C4H10O.CH4/c1-3-4-5-2;/h3-4H2,1-2H3;1H4. The largest absolute Gasteiger partial charge is 0.385 e. The Morgan fingerprint density at radius 2 is 2.00 bits per heavy atom. The van der Waals surface area contributed by atoms with E-state index in [-0.39, 0.29) is 7.43 Å². The third kappa shape index (κ3) is 9.03. The monoisotopic (exact) mass is 90.1 g/mol. The van der Waals surface area contributed by atoms with Gasteiger partial charge in [-0.2, -0.15) is 0 Å². The first-order valence-corrected chi connectivity index (χ1v) is 1.90. The summed E-state index contributed by atoms with van der Waals surface area (Å²) < 4.78 is 4.69. The molecule has 0 aliphatic rings. The summed E-state index contributed by atoms with van der Waals surface area (Å²) in [5.74, 6) is 0. The van der Waals surface area contributed by atoms with Crippen LogP contribution in [0.4, 0.5) is 0 Å². The van der Waals surface area contributed by atoms with Gasteiger partial charge in [-0.1, -0.05) is 14.4 Å². The Labute approximate surface area is 40.3 Å². The normalized spacial score (nSPS) is 7.00. The highest BCUT2D eigenvalue weighted by atomic mass is 16.5. The average molecular weight is 90.2 g/mol. The minimum atomic E-state index is 0. The fourth-order valence-electron chi connectivity index (χ4n) is 0.204. The molecule has 0 amide bonds. The molecule has 0 fully saturated rings. The second-order valence-corrected chi connectivity index (χ2v) is 0.993. The summed E-state index contributed by atoms with van der Waals surface area (Å²) in [6.07, 6.45) is 1.12. The summed E-state index contributed by atoms with van der Waals surface area (Å²) in [6.45, 7) is 2.98. The molecular formula is C5H14O. The van der Waals surface area contributed by atoms with Gasteiger partial charge in [0, 0.05) is 13.7 Å². The maximum Gasteiger partial charge on any atom is 0.0459 e. The van der Waals surface area contributed by atoms with Crippen molar-refractivity contribution in [1.82, 2.24) is 0 Å². The maximum atomic E-state index is 4.69. The Hall–Kier alpha value is -0.0400. The van der Waals surface area contributed by atoms with E-state index >= 15 is 0 Å². The highest BCUT2D eigenvalue weighted by molar-refractivity contribution is 4.15. The lowest BCUT2D eigenvalue weighted by Crippen LogP contribution is -1.80. The second kappa shape index (κ2) is 8.88. The van der Waals surface area contributed by atoms with Crippen LogP contribution in [-0.2, 0) is 4.74 Å². The van der Waals surface area contributed by atoms with E-state index in [1.165, 1.54) is 0 Å². The van der Waals surface area contributed by atoms with Crippen molar-refractivity contribution in [3.63, 3.8) is 0 Å². The quantitative estimate of drug-likeness (QED) is 0.501. The predicted molar refractivity (Wildman–Crippen MR) is 28.9 cm³/mol. The van der Waals surface area contributed by atoms with Crippen LogP contribution < -0.4 is 0 Å². The van der Waals surface area contributed by atoms with Crippen LogP contribution in [0.15, 0.2) is 0 Å². The summed E-state index contributed by atoms with van der Waals surface area (Å²) in [5.41, 5.74) is 0. The summed E-state index contributed by atoms with van der Waals surface area (Å²) in [5, 5.41) is 0. The van der Waals surface area contributed by atoms with E-state index in [9.17, 15) is 0 Å². The van der Waals surface area contributed by atoms with Gasteiger partial charge in [0.25, 0.3) is 0 Å². The molecule has 0 rings (SSSR count). The molecular weight excluding hydrogens is 76.1 g/mol. The van der Waals surface area contributed by atoms with E-state index in [1.807, 2.05) is 0 Å². The van der Waals surface area contributed by atoms with E-state index in [1.54, 1.807) is 7.11 Å². The maximum absolute atomic E-state index is 4.69. The molecule has 6 heavy (non-hydrogen) atoms. The molecule has 0 spiro atoms. The van der Waals surface area contributed by atoms with E-state index in [2.05, 4.69) is 6.92 Å². The number of ether oxygens (including phenoxy) is 1. The van der Waals surface area contributed by atoms with Crippen molar-refractivity contribution in [3.8, 4) is 0 Å². The number of methoxy groups -OCH3 is 1. The molecule has 0 N–H and O–H groups in total. The molecule has 0 heterocycles. The van der Waals surface area contributed by atoms with Crippen molar-refractivity contribution in [2.45, 2.75) is 20.8 Å². The minimum absolute atomic E-state index is 0. The smallest absolute Gasteiger partial charge is 0.0459 e. The number of hydrogen-bond acceptors (Lipinski definition) is 1. The van der Waals surface area contributed by atoms with Crippen LogP contribution in [0, 0.1) is 0 Å². The van der Waals surface area contributed by atoms with Gasteiger partial charge in [0.15, 0.2) is 0 Å². The molecule has 0 saturated heterocycles. The highest BCUT2D eigenvalue weighted by Crippen LogP contribution is 1.70. The van der Waals surface area contributed by atoms with Crippen molar-refractivity contribution in [2.24, 2.45) is 0 Å². The van der Waals surface area contributed by atoms with Crippen LogP contribution in [0.1, 0.15) is 20.8 Å². The molecule has 0 saturated carbocycles. The first-order valence-electron chi connectivity index (χ1n) is 1.90. The van der Waals surface area contributed by atoms with Crippen LogP contribution in [0.2, 0.25) is 0 Å². The lowest BCUT2D eigenvalue weighted by atomic mass is 10.5. The van der Waals surface area contributed by atoms with E-state index in [0.29, 0.717) is 0 Å². The van der Waals surface area contributed by atoms with E-state index < -0.39 is 0 Å². The van der Waals surface area contributed by atoms with Gasteiger partial charge < -0.3 is 4.74 Å². The summed E-state index contributed by atoms with van der Waals surface area (Å²) >= 11 is 0. The zero-order valence-corrected chi connectivity index (χ0v) is 3.82. The van der Waals surface area contributed by atoms with Gasteiger partial charge in [0.05, 0.1) is 0 Å². The van der Waals surface area contributed by atoms with Gasteiger partial charge in [-0.3, -0.25) is 0 Å². The molecule has 0 unspecified atom stereocenters. The van der Waals surface area contributed by atoms with Crippen LogP contribution >= 0.6 is 0 Å². The minimum Gasteiger partial charge on any atom is -0.385 e. The third-order valence-corrected chi connectivity index (χ3v) is 0.408. The van der Waals surface area contributed by atoms with Crippen LogP contribution in [-0.4, -0.2) is 13.7 Å². The van der Waals surface area contributed by atoms with Gasteiger partial charge in [-0.05, 0) is 6.42 Å². The molecule has 0 radical (unpaired) electrons. The first kappa shape index (κ1) is 9.35. The number of rotatable bonds is 2. The lowest BCUT2D eigenvalue weighted by Gasteiger charge is -1.84. The zero-order valence-electron chi connectivity index (χ0n) is 3.82. The molecule has 0 aromatic rings. The Morgan fingerprint density at radius 1 is 1.50 bits per heavy atom. The van der Waals surface area contributed by atoms with Crippen molar-refractivity contribution in [1.29, 1.82) is 0 Å². The SMILES string of the molecule is C.CCCOC. The van der Waals surface area contributed by atoms with Gasteiger partial charge in [-0.25, -0.2) is 0 Å². The van der Waals surface area contributed by atoms with Gasteiger partial charge in [-0.15, -0.1) is 0 Å². The van der Waals surface area contributed by atoms with Crippen LogP contribution in [0.3, 0.4) is 0 Å². The fourth-order valence-corrected chi connectivity index (χ4v) is 0.204. The summed E-state index contributed by atoms with van der Waals surface area (Å²) in [7, 11) is 1.71. The molecule has 40 valence electrons. The Balaban J connectivity index is 0. The molecule has 0 aliphatic heterocycles.